The zero-order valence-electron chi connectivity index (χ0n) is 9.71. The van der Waals surface area contributed by atoms with Crippen molar-refractivity contribution in [3.63, 3.8) is 0 Å². The van der Waals surface area contributed by atoms with E-state index in [0.29, 0.717) is 0 Å². The van der Waals surface area contributed by atoms with E-state index in [4.69, 9.17) is 4.74 Å². The predicted molar refractivity (Wildman–Crippen MR) is 54.0 cm³/mol. The minimum Gasteiger partial charge on any atom is -0.468 e. The van der Waals surface area contributed by atoms with E-state index in [-0.39, 0.29) is 0 Å². The molecule has 1 atom stereocenters. The third-order valence-electron chi connectivity index (χ3n) is 1.34. The molecule has 0 rings (SSSR count). The van der Waals surface area contributed by atoms with E-state index in [2.05, 4.69) is 15.6 Å². The smallest absolute Gasteiger partial charge is 0.422 e. The molecule has 15 heavy (non-hydrogen) atoms. The first-order valence-corrected chi connectivity index (χ1v) is 4.58. The average Bonchev–Trinajstić information content (AvgIpc) is 2.10. The molecular formula is C9H18N2O4. The molecule has 0 aromatic carbocycles. The van der Waals surface area contributed by atoms with E-state index >= 15 is 0 Å². The van der Waals surface area contributed by atoms with Crippen molar-refractivity contribution in [2.24, 2.45) is 0 Å². The molecule has 0 spiro atoms. The van der Waals surface area contributed by atoms with Gasteiger partial charge in [-0.1, -0.05) is 0 Å². The molecule has 0 saturated heterocycles. The van der Waals surface area contributed by atoms with Crippen molar-refractivity contribution in [3.8, 4) is 0 Å². The molecule has 0 aromatic rings. The maximum absolute atomic E-state index is 11.1. The molecule has 0 aliphatic rings. The summed E-state index contributed by atoms with van der Waals surface area (Å²) in [6, 6.07) is -0.623. The SMILES string of the molecule is COC(=O)[C@@H](C)NNC(=O)OC(C)(C)C. The van der Waals surface area contributed by atoms with Crippen LogP contribution in [0.1, 0.15) is 27.7 Å². The molecule has 0 saturated carbocycles. The van der Waals surface area contributed by atoms with Gasteiger partial charge in [0.25, 0.3) is 0 Å². The lowest BCUT2D eigenvalue weighted by Gasteiger charge is -2.20. The highest BCUT2D eigenvalue weighted by molar-refractivity contribution is 5.75. The van der Waals surface area contributed by atoms with Crippen molar-refractivity contribution < 1.29 is 19.1 Å². The molecule has 0 aliphatic heterocycles. The molecule has 0 aliphatic carbocycles. The van der Waals surface area contributed by atoms with Crippen LogP contribution >= 0.6 is 0 Å². The fraction of sp³-hybridized carbons (Fsp3) is 0.778. The number of hydrazine groups is 1. The van der Waals surface area contributed by atoms with Gasteiger partial charge in [-0.2, -0.15) is 0 Å². The first-order chi connectivity index (χ1) is 6.76. The van der Waals surface area contributed by atoms with Crippen molar-refractivity contribution >= 4 is 12.1 Å². The second-order valence-corrected chi connectivity index (χ2v) is 4.02. The maximum atomic E-state index is 11.1. The van der Waals surface area contributed by atoms with Gasteiger partial charge in [-0.05, 0) is 27.7 Å². The van der Waals surface area contributed by atoms with Gasteiger partial charge in [-0.3, -0.25) is 10.2 Å². The minimum atomic E-state index is -0.641. The number of hydrogen-bond acceptors (Lipinski definition) is 5. The van der Waals surface area contributed by atoms with E-state index in [1.807, 2.05) is 0 Å². The molecule has 6 nitrogen and oxygen atoms in total. The number of methoxy groups -OCH3 is 1. The Morgan fingerprint density at radius 1 is 1.27 bits per heavy atom. The van der Waals surface area contributed by atoms with Crippen LogP contribution in [0, 0.1) is 0 Å². The second kappa shape index (κ2) is 5.55. The number of ether oxygens (including phenoxy) is 2. The number of carbonyl (C=O) groups excluding carboxylic acids is 2. The Morgan fingerprint density at radius 2 is 1.80 bits per heavy atom. The molecule has 0 bridgehead atoms. The molecule has 0 unspecified atom stereocenters. The van der Waals surface area contributed by atoms with Crippen molar-refractivity contribution in [1.82, 2.24) is 10.9 Å². The van der Waals surface area contributed by atoms with Crippen LogP contribution in [0.3, 0.4) is 0 Å². The summed E-state index contributed by atoms with van der Waals surface area (Å²) in [6.45, 7) is 6.80. The Balaban J connectivity index is 3.86. The van der Waals surface area contributed by atoms with Gasteiger partial charge in [0, 0.05) is 0 Å². The van der Waals surface area contributed by atoms with Crippen LogP contribution in [0.5, 0.6) is 0 Å². The fourth-order valence-electron chi connectivity index (χ4n) is 0.706. The van der Waals surface area contributed by atoms with Crippen molar-refractivity contribution in [3.05, 3.63) is 0 Å². The summed E-state index contributed by atoms with van der Waals surface area (Å²) in [6.07, 6.45) is -0.641. The van der Waals surface area contributed by atoms with Gasteiger partial charge >= 0.3 is 12.1 Å². The van der Waals surface area contributed by atoms with Gasteiger partial charge < -0.3 is 9.47 Å². The largest absolute Gasteiger partial charge is 0.468 e. The summed E-state index contributed by atoms with van der Waals surface area (Å²) in [5.41, 5.74) is 4.13. The first kappa shape index (κ1) is 13.7. The lowest BCUT2D eigenvalue weighted by Crippen LogP contribution is -2.48. The number of amides is 1. The molecule has 0 fully saturated rings. The Morgan fingerprint density at radius 3 is 2.20 bits per heavy atom. The van der Waals surface area contributed by atoms with Gasteiger partial charge in [-0.25, -0.2) is 10.2 Å². The minimum absolute atomic E-state index is 0.467. The lowest BCUT2D eigenvalue weighted by atomic mass is 10.2. The molecule has 88 valence electrons. The van der Waals surface area contributed by atoms with Crippen molar-refractivity contribution in [2.75, 3.05) is 7.11 Å². The van der Waals surface area contributed by atoms with Crippen LogP contribution in [-0.2, 0) is 14.3 Å². The van der Waals surface area contributed by atoms with E-state index in [9.17, 15) is 9.59 Å². The summed E-state index contributed by atoms with van der Waals surface area (Å²) >= 11 is 0. The number of hydrogen-bond donors (Lipinski definition) is 2. The molecule has 6 heteroatoms. The molecular weight excluding hydrogens is 200 g/mol. The fourth-order valence-corrected chi connectivity index (χ4v) is 0.706. The van der Waals surface area contributed by atoms with Crippen LogP contribution in [0.2, 0.25) is 0 Å². The summed E-state index contributed by atoms with van der Waals surface area (Å²) in [7, 11) is 1.27. The third-order valence-corrected chi connectivity index (χ3v) is 1.34. The zero-order chi connectivity index (χ0) is 12.1. The van der Waals surface area contributed by atoms with Gasteiger partial charge in [-0.15, -0.1) is 0 Å². The number of rotatable bonds is 3. The Labute approximate surface area is 89.3 Å². The first-order valence-electron chi connectivity index (χ1n) is 4.58. The topological polar surface area (TPSA) is 76.7 Å². The highest BCUT2D eigenvalue weighted by atomic mass is 16.6. The highest BCUT2D eigenvalue weighted by Gasteiger charge is 2.18. The van der Waals surface area contributed by atoms with Crippen molar-refractivity contribution in [2.45, 2.75) is 39.3 Å². The highest BCUT2D eigenvalue weighted by Crippen LogP contribution is 2.05. The van der Waals surface area contributed by atoms with E-state index < -0.39 is 23.7 Å². The van der Waals surface area contributed by atoms with Crippen LogP contribution in [0.25, 0.3) is 0 Å². The Bertz CT molecular complexity index is 235. The molecule has 0 aromatic heterocycles. The van der Waals surface area contributed by atoms with E-state index in [0.717, 1.165) is 0 Å². The van der Waals surface area contributed by atoms with Gasteiger partial charge in [0.05, 0.1) is 7.11 Å². The monoisotopic (exact) mass is 218 g/mol. The number of nitrogens with one attached hydrogen (secondary N) is 2. The van der Waals surface area contributed by atoms with Crippen LogP contribution < -0.4 is 10.9 Å². The average molecular weight is 218 g/mol. The Hall–Kier alpha value is -1.30. The summed E-state index contributed by atoms with van der Waals surface area (Å²) in [5, 5.41) is 0. The lowest BCUT2D eigenvalue weighted by molar-refractivity contribution is -0.142. The summed E-state index contributed by atoms with van der Waals surface area (Å²) in [5.74, 6) is -0.467. The van der Waals surface area contributed by atoms with Gasteiger partial charge in [0.1, 0.15) is 11.6 Å². The molecule has 0 radical (unpaired) electrons. The normalized spacial score (nSPS) is 12.9. The molecule has 0 heterocycles. The van der Waals surface area contributed by atoms with Gasteiger partial charge in [0.2, 0.25) is 0 Å². The van der Waals surface area contributed by atoms with E-state index in [1.54, 1.807) is 27.7 Å². The van der Waals surface area contributed by atoms with Crippen molar-refractivity contribution in [1.29, 1.82) is 0 Å². The second-order valence-electron chi connectivity index (χ2n) is 4.02. The number of esters is 1. The molecule has 1 amide bonds. The van der Waals surface area contributed by atoms with Crippen LogP contribution in [0.15, 0.2) is 0 Å². The van der Waals surface area contributed by atoms with Crippen LogP contribution in [-0.4, -0.2) is 30.8 Å². The third kappa shape index (κ3) is 6.73. The maximum Gasteiger partial charge on any atom is 0.422 e. The summed E-state index contributed by atoms with van der Waals surface area (Å²) < 4.78 is 9.39. The van der Waals surface area contributed by atoms with Crippen LogP contribution in [0.4, 0.5) is 4.79 Å². The molecule has 2 N–H and O–H groups in total. The summed E-state index contributed by atoms with van der Waals surface area (Å²) in [4.78, 5) is 22.1. The quantitative estimate of drug-likeness (QED) is 0.535. The van der Waals surface area contributed by atoms with E-state index in [1.165, 1.54) is 7.11 Å². The zero-order valence-corrected chi connectivity index (χ0v) is 9.71. The van der Waals surface area contributed by atoms with Gasteiger partial charge in [0.15, 0.2) is 0 Å². The standard InChI is InChI=1S/C9H18N2O4/c1-6(7(12)14-5)10-11-8(13)15-9(2,3)4/h6,10H,1-5H3,(H,11,13)/t6-/m1/s1. The predicted octanol–water partition coefficient (Wildman–Crippen LogP) is 0.577. The Kier molecular flexibility index (Phi) is 5.07. The number of carbonyl (C=O) groups is 2.